The van der Waals surface area contributed by atoms with Gasteiger partial charge in [0.05, 0.1) is 12.3 Å². The number of hydrogen-bond acceptors (Lipinski definition) is 4. The molecule has 6 nitrogen and oxygen atoms in total. The third-order valence-corrected chi connectivity index (χ3v) is 3.15. The number of esters is 1. The molecule has 1 aromatic heterocycles. The molecule has 1 amide bonds. The normalized spacial score (nSPS) is 13.8. The number of carbonyl (C=O) groups excluding carboxylic acids is 2. The number of fused-ring (bicyclic) bond motifs is 1. The maximum absolute atomic E-state index is 12.3. The quantitative estimate of drug-likeness (QED) is 0.788. The number of rotatable bonds is 2. The Morgan fingerprint density at radius 2 is 2.00 bits per heavy atom. The molecule has 22 heavy (non-hydrogen) atoms. The molecule has 0 spiro atoms. The van der Waals surface area contributed by atoms with Crippen LogP contribution >= 0.6 is 0 Å². The molecule has 2 rings (SSSR count). The summed E-state index contributed by atoms with van der Waals surface area (Å²) in [7, 11) is 1.76. The fraction of sp³-hybridized carbons (Fsp3) is 0.500. The van der Waals surface area contributed by atoms with E-state index in [2.05, 4.69) is 0 Å². The van der Waals surface area contributed by atoms with E-state index in [0.29, 0.717) is 30.1 Å². The third kappa shape index (κ3) is 3.16. The molecule has 0 unspecified atom stereocenters. The van der Waals surface area contributed by atoms with Gasteiger partial charge in [0.25, 0.3) is 0 Å². The molecule has 0 N–H and O–H groups in total. The molecule has 0 bridgehead atoms. The van der Waals surface area contributed by atoms with Gasteiger partial charge in [-0.1, -0.05) is 12.2 Å². The topological polar surface area (TPSA) is 60.8 Å². The van der Waals surface area contributed by atoms with E-state index in [1.54, 1.807) is 24.7 Å². The lowest BCUT2D eigenvalue weighted by molar-refractivity contribution is 0.0512. The summed E-state index contributed by atoms with van der Waals surface area (Å²) in [6, 6.07) is 0. The van der Waals surface area contributed by atoms with Crippen molar-refractivity contribution in [2.24, 2.45) is 7.05 Å². The maximum Gasteiger partial charge on any atom is 0.415 e. The van der Waals surface area contributed by atoms with Crippen LogP contribution in [0.5, 0.6) is 0 Å². The van der Waals surface area contributed by atoms with Crippen LogP contribution in [0.1, 0.15) is 43.7 Å². The number of nitrogens with zero attached hydrogens (tertiary/aromatic N) is 2. The highest BCUT2D eigenvalue weighted by molar-refractivity contribution is 6.00. The summed E-state index contributed by atoms with van der Waals surface area (Å²) in [4.78, 5) is 25.9. The first-order valence-electron chi connectivity index (χ1n) is 7.28. The highest BCUT2D eigenvalue weighted by Crippen LogP contribution is 2.32. The van der Waals surface area contributed by atoms with Crippen molar-refractivity contribution in [2.45, 2.75) is 33.3 Å². The molecule has 6 heteroatoms. The van der Waals surface area contributed by atoms with Gasteiger partial charge in [0, 0.05) is 25.4 Å². The smallest absolute Gasteiger partial charge is 0.415 e. The predicted molar refractivity (Wildman–Crippen MR) is 84.0 cm³/mol. The van der Waals surface area contributed by atoms with Crippen LogP contribution in [0.3, 0.4) is 0 Å². The Morgan fingerprint density at radius 1 is 1.32 bits per heavy atom. The monoisotopic (exact) mass is 306 g/mol. The fourth-order valence-electron chi connectivity index (χ4n) is 2.33. The lowest BCUT2D eigenvalue weighted by Gasteiger charge is -2.28. The second kappa shape index (κ2) is 5.87. The van der Waals surface area contributed by atoms with Gasteiger partial charge in [-0.15, -0.1) is 0 Å². The minimum Gasteiger partial charge on any atom is -0.461 e. The van der Waals surface area contributed by atoms with Crippen LogP contribution in [0.2, 0.25) is 0 Å². The number of ether oxygens (including phenoxy) is 2. The zero-order chi connectivity index (χ0) is 16.5. The van der Waals surface area contributed by atoms with Crippen LogP contribution in [-0.2, 0) is 16.5 Å². The van der Waals surface area contributed by atoms with E-state index in [1.165, 1.54) is 4.90 Å². The van der Waals surface area contributed by atoms with Crippen molar-refractivity contribution in [3.05, 3.63) is 23.5 Å². The van der Waals surface area contributed by atoms with Crippen molar-refractivity contribution in [3.8, 4) is 0 Å². The number of hydrogen-bond donors (Lipinski definition) is 0. The Morgan fingerprint density at radius 3 is 2.59 bits per heavy atom. The van der Waals surface area contributed by atoms with Gasteiger partial charge in [0.15, 0.2) is 0 Å². The second-order valence-corrected chi connectivity index (χ2v) is 6.10. The Kier molecular flexibility index (Phi) is 4.30. The van der Waals surface area contributed by atoms with Gasteiger partial charge in [-0.2, -0.15) is 0 Å². The molecule has 2 heterocycles. The van der Waals surface area contributed by atoms with Crippen LogP contribution in [0.4, 0.5) is 10.5 Å². The van der Waals surface area contributed by atoms with E-state index in [1.807, 2.05) is 32.9 Å². The number of aryl methyl sites for hydroxylation is 1. The zero-order valence-electron chi connectivity index (χ0n) is 13.7. The first-order valence-corrected chi connectivity index (χ1v) is 7.28. The van der Waals surface area contributed by atoms with Gasteiger partial charge >= 0.3 is 12.1 Å². The minimum atomic E-state index is -0.572. The Hall–Kier alpha value is -2.24. The summed E-state index contributed by atoms with van der Waals surface area (Å²) in [6.45, 7) is 7.94. The van der Waals surface area contributed by atoms with Gasteiger partial charge in [-0.05, 0) is 27.7 Å². The van der Waals surface area contributed by atoms with Crippen molar-refractivity contribution in [2.75, 3.05) is 18.1 Å². The summed E-state index contributed by atoms with van der Waals surface area (Å²) in [5.41, 5.74) is 1.19. The van der Waals surface area contributed by atoms with Gasteiger partial charge < -0.3 is 14.0 Å². The summed E-state index contributed by atoms with van der Waals surface area (Å²) in [5.74, 6) is -0.401. The molecule has 0 atom stereocenters. The number of aromatic nitrogens is 1. The van der Waals surface area contributed by atoms with Gasteiger partial charge in [-0.3, -0.25) is 4.90 Å². The van der Waals surface area contributed by atoms with Crippen molar-refractivity contribution in [1.29, 1.82) is 0 Å². The SMILES string of the molecule is CCOC(=O)c1c2c(cn1C)N(C(=O)OC(C)(C)C)CC=C2. The molecule has 1 aliphatic heterocycles. The van der Waals surface area contributed by atoms with Crippen molar-refractivity contribution in [1.82, 2.24) is 4.57 Å². The summed E-state index contributed by atoms with van der Waals surface area (Å²) < 4.78 is 12.2. The van der Waals surface area contributed by atoms with Crippen molar-refractivity contribution in [3.63, 3.8) is 0 Å². The summed E-state index contributed by atoms with van der Waals surface area (Å²) in [6.07, 6.45) is 4.98. The van der Waals surface area contributed by atoms with Crippen LogP contribution in [0, 0.1) is 0 Å². The van der Waals surface area contributed by atoms with Crippen LogP contribution in [0.15, 0.2) is 12.3 Å². The van der Waals surface area contributed by atoms with Crippen molar-refractivity contribution >= 4 is 23.8 Å². The van der Waals surface area contributed by atoms with Gasteiger partial charge in [0.2, 0.25) is 0 Å². The first-order chi connectivity index (χ1) is 10.2. The summed E-state index contributed by atoms with van der Waals surface area (Å²) in [5, 5.41) is 0. The van der Waals surface area contributed by atoms with Gasteiger partial charge in [0.1, 0.15) is 11.3 Å². The first kappa shape index (κ1) is 16.1. The Labute approximate surface area is 130 Å². The van der Waals surface area contributed by atoms with Crippen molar-refractivity contribution < 1.29 is 19.1 Å². The number of carbonyl (C=O) groups is 2. The average Bonchev–Trinajstić information content (AvgIpc) is 2.72. The molecule has 0 aliphatic carbocycles. The molecule has 0 fully saturated rings. The highest BCUT2D eigenvalue weighted by atomic mass is 16.6. The summed E-state index contributed by atoms with van der Waals surface area (Å²) >= 11 is 0. The van der Waals surface area contributed by atoms with E-state index in [-0.39, 0.29) is 0 Å². The van der Waals surface area contributed by atoms with Crippen LogP contribution in [0.25, 0.3) is 6.08 Å². The minimum absolute atomic E-state index is 0.304. The zero-order valence-corrected chi connectivity index (χ0v) is 13.7. The highest BCUT2D eigenvalue weighted by Gasteiger charge is 2.30. The second-order valence-electron chi connectivity index (χ2n) is 6.10. The average molecular weight is 306 g/mol. The molecule has 0 saturated carbocycles. The Balaban J connectivity index is 2.37. The lowest BCUT2D eigenvalue weighted by Crippen LogP contribution is -2.38. The predicted octanol–water partition coefficient (Wildman–Crippen LogP) is 2.97. The van der Waals surface area contributed by atoms with Gasteiger partial charge in [-0.25, -0.2) is 9.59 Å². The molecule has 0 aromatic carbocycles. The fourth-order valence-corrected chi connectivity index (χ4v) is 2.33. The largest absolute Gasteiger partial charge is 0.461 e. The standard InChI is InChI=1S/C16H22N2O4/c1-6-21-14(19)13-11-8-7-9-18(12(11)10-17(13)5)15(20)22-16(2,3)4/h7-8,10H,6,9H2,1-5H3. The molecule has 120 valence electrons. The molecule has 1 aliphatic rings. The lowest BCUT2D eigenvalue weighted by atomic mass is 10.1. The van der Waals surface area contributed by atoms with E-state index in [4.69, 9.17) is 9.47 Å². The Bertz CT molecular complexity index is 623. The van der Waals surface area contributed by atoms with Crippen LogP contribution in [-0.4, -0.2) is 35.4 Å². The maximum atomic E-state index is 12.3. The molecule has 0 radical (unpaired) electrons. The van der Waals surface area contributed by atoms with E-state index in [9.17, 15) is 9.59 Å². The van der Waals surface area contributed by atoms with E-state index in [0.717, 1.165) is 0 Å². The third-order valence-electron chi connectivity index (χ3n) is 3.15. The molecular weight excluding hydrogens is 284 g/mol. The van der Waals surface area contributed by atoms with Crippen LogP contribution < -0.4 is 4.90 Å². The van der Waals surface area contributed by atoms with E-state index >= 15 is 0 Å². The molecule has 0 saturated heterocycles. The van der Waals surface area contributed by atoms with E-state index < -0.39 is 17.7 Å². The molecular formula is C16H22N2O4. The number of amides is 1. The number of anilines is 1. The molecule has 1 aromatic rings.